The van der Waals surface area contributed by atoms with Crippen molar-refractivity contribution >= 4 is 34.1 Å². The summed E-state index contributed by atoms with van der Waals surface area (Å²) >= 11 is 5.74. The molecule has 3 aromatic heterocycles. The predicted octanol–water partition coefficient (Wildman–Crippen LogP) is 3.92. The van der Waals surface area contributed by atoms with Crippen LogP contribution in [0.1, 0.15) is 0 Å². The highest BCUT2D eigenvalue weighted by Crippen LogP contribution is 2.29. The van der Waals surface area contributed by atoms with E-state index in [-0.39, 0.29) is 22.3 Å². The van der Waals surface area contributed by atoms with E-state index in [1.165, 1.54) is 18.5 Å². The SMILES string of the molecule is Fc1ccnc(Nc2nn(CC(F)(F)F)c3cc(Cl)ncc23)c1. The molecule has 0 atom stereocenters. The van der Waals surface area contributed by atoms with Gasteiger partial charge in [-0.15, -0.1) is 0 Å². The second-order valence-electron chi connectivity index (χ2n) is 4.63. The highest BCUT2D eigenvalue weighted by atomic mass is 35.5. The van der Waals surface area contributed by atoms with Crippen LogP contribution in [0.15, 0.2) is 30.6 Å². The van der Waals surface area contributed by atoms with Gasteiger partial charge in [0.15, 0.2) is 5.82 Å². The van der Waals surface area contributed by atoms with Crippen LogP contribution in [0.4, 0.5) is 29.2 Å². The molecule has 5 nitrogen and oxygen atoms in total. The van der Waals surface area contributed by atoms with Crippen molar-refractivity contribution in [1.82, 2.24) is 19.7 Å². The predicted molar refractivity (Wildman–Crippen MR) is 76.1 cm³/mol. The molecule has 0 saturated carbocycles. The number of alkyl halides is 3. The van der Waals surface area contributed by atoms with Gasteiger partial charge >= 0.3 is 6.18 Å². The molecule has 0 aromatic carbocycles. The van der Waals surface area contributed by atoms with Gasteiger partial charge in [0.2, 0.25) is 0 Å². The van der Waals surface area contributed by atoms with Crippen LogP contribution in [-0.4, -0.2) is 25.9 Å². The first-order valence-electron chi connectivity index (χ1n) is 6.29. The molecule has 0 saturated heterocycles. The lowest BCUT2D eigenvalue weighted by atomic mass is 10.3. The molecule has 0 radical (unpaired) electrons. The normalized spacial score (nSPS) is 11.9. The Morgan fingerprint density at radius 1 is 1.22 bits per heavy atom. The number of halogens is 5. The molecule has 3 heterocycles. The first kappa shape index (κ1) is 15.5. The first-order valence-corrected chi connectivity index (χ1v) is 6.67. The van der Waals surface area contributed by atoms with Gasteiger partial charge in [-0.05, 0) is 6.07 Å². The number of hydrogen-bond donors (Lipinski definition) is 1. The third kappa shape index (κ3) is 3.50. The minimum Gasteiger partial charge on any atom is -0.323 e. The van der Waals surface area contributed by atoms with Crippen molar-refractivity contribution in [2.75, 3.05) is 5.32 Å². The zero-order valence-corrected chi connectivity index (χ0v) is 12.0. The maximum atomic E-state index is 13.2. The topological polar surface area (TPSA) is 55.6 Å². The Kier molecular flexibility index (Phi) is 3.80. The quantitative estimate of drug-likeness (QED) is 0.577. The summed E-state index contributed by atoms with van der Waals surface area (Å²) in [5, 5.41) is 6.89. The number of nitrogens with one attached hydrogen (secondary N) is 1. The van der Waals surface area contributed by atoms with Gasteiger partial charge in [-0.25, -0.2) is 14.4 Å². The first-order chi connectivity index (χ1) is 10.8. The fourth-order valence-electron chi connectivity index (χ4n) is 2.02. The lowest BCUT2D eigenvalue weighted by Crippen LogP contribution is -2.18. The summed E-state index contributed by atoms with van der Waals surface area (Å²) < 4.78 is 51.9. The summed E-state index contributed by atoms with van der Waals surface area (Å²) in [6.07, 6.45) is -1.94. The molecule has 3 aromatic rings. The van der Waals surface area contributed by atoms with Gasteiger partial charge in [0.25, 0.3) is 0 Å². The van der Waals surface area contributed by atoms with Crippen molar-refractivity contribution in [2.45, 2.75) is 12.7 Å². The van der Waals surface area contributed by atoms with Crippen LogP contribution in [0.5, 0.6) is 0 Å². The molecule has 1 N–H and O–H groups in total. The van der Waals surface area contributed by atoms with E-state index in [2.05, 4.69) is 20.4 Å². The zero-order chi connectivity index (χ0) is 16.6. The monoisotopic (exact) mass is 345 g/mol. The molecule has 0 aliphatic carbocycles. The molecule has 23 heavy (non-hydrogen) atoms. The number of fused-ring (bicyclic) bond motifs is 1. The van der Waals surface area contributed by atoms with Crippen LogP contribution in [0.3, 0.4) is 0 Å². The largest absolute Gasteiger partial charge is 0.408 e. The maximum absolute atomic E-state index is 13.2. The van der Waals surface area contributed by atoms with E-state index >= 15 is 0 Å². The third-order valence-electron chi connectivity index (χ3n) is 2.90. The van der Waals surface area contributed by atoms with Crippen molar-refractivity contribution in [3.8, 4) is 0 Å². The van der Waals surface area contributed by atoms with Crippen LogP contribution in [0.2, 0.25) is 5.15 Å². The van der Waals surface area contributed by atoms with E-state index in [9.17, 15) is 17.6 Å². The fraction of sp³-hybridized carbons (Fsp3) is 0.154. The van der Waals surface area contributed by atoms with E-state index in [0.717, 1.165) is 16.8 Å². The zero-order valence-electron chi connectivity index (χ0n) is 11.3. The van der Waals surface area contributed by atoms with Gasteiger partial charge in [-0.1, -0.05) is 11.6 Å². The standard InChI is InChI=1S/C13H8ClF4N5/c14-10-4-9-8(5-20-10)12(22-23(9)6-13(16,17)18)21-11-3-7(15)1-2-19-11/h1-5H,6H2,(H,19,21,22). The number of pyridine rings is 2. The lowest BCUT2D eigenvalue weighted by Gasteiger charge is -2.07. The average molecular weight is 346 g/mol. The van der Waals surface area contributed by atoms with Gasteiger partial charge in [-0.2, -0.15) is 18.3 Å². The molecule has 0 amide bonds. The van der Waals surface area contributed by atoms with Crippen LogP contribution >= 0.6 is 11.6 Å². The molecule has 0 aliphatic heterocycles. The molecule has 10 heteroatoms. The van der Waals surface area contributed by atoms with Gasteiger partial charge in [-0.3, -0.25) is 4.68 Å². The molecular formula is C13H8ClF4N5. The fourth-order valence-corrected chi connectivity index (χ4v) is 2.17. The van der Waals surface area contributed by atoms with Gasteiger partial charge < -0.3 is 5.32 Å². The van der Waals surface area contributed by atoms with E-state index in [0.29, 0.717) is 5.39 Å². The van der Waals surface area contributed by atoms with Crippen LogP contribution in [-0.2, 0) is 6.54 Å². The molecule has 0 fully saturated rings. The number of rotatable bonds is 3. The van der Waals surface area contributed by atoms with Crippen LogP contribution in [0, 0.1) is 5.82 Å². The Labute approximate surface area is 131 Å². The number of nitrogens with zero attached hydrogens (tertiary/aromatic N) is 4. The van der Waals surface area contributed by atoms with Crippen molar-refractivity contribution in [2.24, 2.45) is 0 Å². The van der Waals surface area contributed by atoms with E-state index in [1.54, 1.807) is 0 Å². The maximum Gasteiger partial charge on any atom is 0.408 e. The Bertz CT molecular complexity index is 861. The Hall–Kier alpha value is -2.42. The van der Waals surface area contributed by atoms with Gasteiger partial charge in [0.05, 0.1) is 10.9 Å². The number of aromatic nitrogens is 4. The lowest BCUT2D eigenvalue weighted by molar-refractivity contribution is -0.141. The second kappa shape index (κ2) is 5.65. The molecule has 3 rings (SSSR count). The van der Waals surface area contributed by atoms with Crippen LogP contribution < -0.4 is 5.32 Å². The summed E-state index contributed by atoms with van der Waals surface area (Å²) in [6.45, 7) is -1.29. The van der Waals surface area contributed by atoms with Gasteiger partial charge in [0, 0.05) is 24.5 Å². The Morgan fingerprint density at radius 2 is 2.00 bits per heavy atom. The summed E-state index contributed by atoms with van der Waals surface area (Å²) in [4.78, 5) is 7.71. The summed E-state index contributed by atoms with van der Waals surface area (Å²) in [6, 6.07) is 3.52. The minimum atomic E-state index is -4.46. The average Bonchev–Trinajstić information content (AvgIpc) is 2.74. The Balaban J connectivity index is 2.06. The highest BCUT2D eigenvalue weighted by Gasteiger charge is 2.30. The van der Waals surface area contributed by atoms with Crippen molar-refractivity contribution in [3.63, 3.8) is 0 Å². The van der Waals surface area contributed by atoms with Crippen molar-refractivity contribution in [3.05, 3.63) is 41.6 Å². The highest BCUT2D eigenvalue weighted by molar-refractivity contribution is 6.30. The second-order valence-corrected chi connectivity index (χ2v) is 5.02. The number of hydrogen-bond acceptors (Lipinski definition) is 4. The van der Waals surface area contributed by atoms with E-state index in [4.69, 9.17) is 11.6 Å². The molecule has 0 aliphatic rings. The van der Waals surface area contributed by atoms with E-state index < -0.39 is 18.5 Å². The summed E-state index contributed by atoms with van der Waals surface area (Å²) in [7, 11) is 0. The summed E-state index contributed by atoms with van der Waals surface area (Å²) in [5.74, 6) is -0.354. The molecule has 0 spiro atoms. The van der Waals surface area contributed by atoms with Gasteiger partial charge in [0.1, 0.15) is 23.3 Å². The molecular weight excluding hydrogens is 338 g/mol. The van der Waals surface area contributed by atoms with E-state index in [1.807, 2.05) is 0 Å². The van der Waals surface area contributed by atoms with Crippen molar-refractivity contribution in [1.29, 1.82) is 0 Å². The molecule has 0 unspecified atom stereocenters. The summed E-state index contributed by atoms with van der Waals surface area (Å²) in [5.41, 5.74) is 0.154. The smallest absolute Gasteiger partial charge is 0.323 e. The van der Waals surface area contributed by atoms with Crippen LogP contribution in [0.25, 0.3) is 10.9 Å². The minimum absolute atomic E-state index is 0.0382. The third-order valence-corrected chi connectivity index (χ3v) is 3.11. The molecule has 120 valence electrons. The molecule has 0 bridgehead atoms. The van der Waals surface area contributed by atoms with Crippen molar-refractivity contribution < 1.29 is 17.6 Å². The number of anilines is 2. The Morgan fingerprint density at radius 3 is 2.70 bits per heavy atom.